The van der Waals surface area contributed by atoms with Crippen molar-refractivity contribution in [1.82, 2.24) is 10.9 Å². The number of rotatable bonds is 2. The van der Waals surface area contributed by atoms with Gasteiger partial charge in [0, 0.05) is 15.1 Å². The van der Waals surface area contributed by atoms with Gasteiger partial charge in [0.25, 0.3) is 11.8 Å². The van der Waals surface area contributed by atoms with E-state index in [9.17, 15) is 9.59 Å². The second-order valence-electron chi connectivity index (χ2n) is 4.04. The average molecular weight is 388 g/mol. The van der Waals surface area contributed by atoms with Crippen LogP contribution in [0.1, 0.15) is 20.7 Å². The van der Waals surface area contributed by atoms with Gasteiger partial charge in [-0.3, -0.25) is 20.4 Å². The molecule has 21 heavy (non-hydrogen) atoms. The van der Waals surface area contributed by atoms with Crippen LogP contribution in [0.15, 0.2) is 46.9 Å². The molecule has 0 fully saturated rings. The Morgan fingerprint density at radius 3 is 2.19 bits per heavy atom. The Balaban J connectivity index is 2.02. The number of nitrogens with one attached hydrogen (secondary N) is 2. The van der Waals surface area contributed by atoms with Crippen molar-refractivity contribution < 1.29 is 9.59 Å². The molecule has 0 bridgehead atoms. The summed E-state index contributed by atoms with van der Waals surface area (Å²) in [7, 11) is 0. The minimum atomic E-state index is -0.548. The quantitative estimate of drug-likeness (QED) is 0.769. The molecule has 0 aliphatic carbocycles. The van der Waals surface area contributed by atoms with Gasteiger partial charge < -0.3 is 0 Å². The van der Waals surface area contributed by atoms with Gasteiger partial charge >= 0.3 is 0 Å². The van der Waals surface area contributed by atoms with Crippen molar-refractivity contribution in [2.75, 3.05) is 0 Å². The molecule has 0 heterocycles. The minimum Gasteiger partial charge on any atom is -0.267 e. The molecule has 2 N–H and O–H groups in total. The summed E-state index contributed by atoms with van der Waals surface area (Å²) in [5.41, 5.74) is 5.19. The fourth-order valence-electron chi connectivity index (χ4n) is 1.53. The summed E-state index contributed by atoms with van der Waals surface area (Å²) >= 11 is 15.0. The molecule has 0 saturated heterocycles. The maximum Gasteiger partial charge on any atom is 0.271 e. The molecule has 2 amide bonds. The van der Waals surface area contributed by atoms with Gasteiger partial charge in [0.15, 0.2) is 0 Å². The average Bonchev–Trinajstić information content (AvgIpc) is 2.47. The molecule has 7 heteroatoms. The van der Waals surface area contributed by atoms with Gasteiger partial charge in [0.05, 0.1) is 10.6 Å². The zero-order valence-electron chi connectivity index (χ0n) is 10.5. The maximum atomic E-state index is 11.9. The molecular weight excluding hydrogens is 379 g/mol. The van der Waals surface area contributed by atoms with Crippen LogP contribution in [0.5, 0.6) is 0 Å². The first kappa shape index (κ1) is 15.8. The number of carbonyl (C=O) groups is 2. The molecule has 108 valence electrons. The molecule has 2 aromatic rings. The van der Waals surface area contributed by atoms with Crippen LogP contribution in [0.4, 0.5) is 0 Å². The Morgan fingerprint density at radius 2 is 1.52 bits per heavy atom. The van der Waals surface area contributed by atoms with Crippen LogP contribution >= 0.6 is 39.1 Å². The number of hydrogen-bond acceptors (Lipinski definition) is 2. The van der Waals surface area contributed by atoms with E-state index in [1.807, 2.05) is 0 Å². The van der Waals surface area contributed by atoms with Crippen LogP contribution in [-0.4, -0.2) is 11.8 Å². The van der Waals surface area contributed by atoms with Crippen LogP contribution < -0.4 is 10.9 Å². The number of hydrogen-bond donors (Lipinski definition) is 2. The van der Waals surface area contributed by atoms with Gasteiger partial charge in [-0.05, 0) is 42.5 Å². The highest BCUT2D eigenvalue weighted by atomic mass is 79.9. The first-order chi connectivity index (χ1) is 9.97. The maximum absolute atomic E-state index is 11.9. The summed E-state index contributed by atoms with van der Waals surface area (Å²) in [6.07, 6.45) is 0. The van der Waals surface area contributed by atoms with Crippen molar-refractivity contribution in [3.05, 3.63) is 68.1 Å². The molecule has 2 aromatic carbocycles. The molecule has 0 aliphatic rings. The summed E-state index contributed by atoms with van der Waals surface area (Å²) in [5.74, 6) is -0.984. The molecule has 0 radical (unpaired) electrons. The normalized spacial score (nSPS) is 10.0. The Morgan fingerprint density at radius 1 is 0.905 bits per heavy atom. The van der Waals surface area contributed by atoms with E-state index < -0.39 is 11.8 Å². The van der Waals surface area contributed by atoms with Crippen molar-refractivity contribution in [3.63, 3.8) is 0 Å². The Kier molecular flexibility index (Phi) is 5.22. The lowest BCUT2D eigenvalue weighted by Crippen LogP contribution is -2.41. The number of halogens is 3. The van der Waals surface area contributed by atoms with Crippen LogP contribution in [0.25, 0.3) is 0 Å². The predicted octanol–water partition coefficient (Wildman–Crippen LogP) is 3.83. The third-order valence-corrected chi connectivity index (χ3v) is 3.66. The SMILES string of the molecule is O=C(NNC(=O)c1cc(Cl)ccc1Cl)c1ccc(Br)cc1. The number of carbonyl (C=O) groups excluding carboxylic acids is 2. The molecule has 0 unspecified atom stereocenters. The molecular formula is C14H9BrCl2N2O2. The lowest BCUT2D eigenvalue weighted by atomic mass is 10.2. The predicted molar refractivity (Wildman–Crippen MR) is 85.5 cm³/mol. The standard InChI is InChI=1S/C14H9BrCl2N2O2/c15-9-3-1-8(2-4-9)13(20)18-19-14(21)11-7-10(16)5-6-12(11)17/h1-7H,(H,18,20)(H,19,21). The fourth-order valence-corrected chi connectivity index (χ4v) is 2.17. The van der Waals surface area contributed by atoms with Crippen LogP contribution in [0, 0.1) is 0 Å². The van der Waals surface area contributed by atoms with Gasteiger partial charge in [-0.25, -0.2) is 0 Å². The third kappa shape index (κ3) is 4.20. The molecule has 2 rings (SSSR count). The topological polar surface area (TPSA) is 58.2 Å². The second-order valence-corrected chi connectivity index (χ2v) is 5.80. The van der Waals surface area contributed by atoms with Gasteiger partial charge in [-0.15, -0.1) is 0 Å². The molecule has 4 nitrogen and oxygen atoms in total. The van der Waals surface area contributed by atoms with Crippen molar-refractivity contribution in [3.8, 4) is 0 Å². The van der Waals surface area contributed by atoms with Crippen LogP contribution in [-0.2, 0) is 0 Å². The zero-order chi connectivity index (χ0) is 15.4. The van der Waals surface area contributed by atoms with E-state index in [1.165, 1.54) is 12.1 Å². The largest absolute Gasteiger partial charge is 0.271 e. The monoisotopic (exact) mass is 386 g/mol. The van der Waals surface area contributed by atoms with E-state index in [0.29, 0.717) is 10.6 Å². The number of benzene rings is 2. The molecule has 0 saturated carbocycles. The highest BCUT2D eigenvalue weighted by molar-refractivity contribution is 9.10. The molecule has 0 atom stereocenters. The third-order valence-electron chi connectivity index (χ3n) is 2.57. The fraction of sp³-hybridized carbons (Fsp3) is 0. The lowest BCUT2D eigenvalue weighted by molar-refractivity contribution is 0.0847. The highest BCUT2D eigenvalue weighted by Crippen LogP contribution is 2.20. The van der Waals surface area contributed by atoms with E-state index >= 15 is 0 Å². The summed E-state index contributed by atoms with van der Waals surface area (Å²) < 4.78 is 0.855. The summed E-state index contributed by atoms with van der Waals surface area (Å²) in [5, 5.41) is 0.624. The van der Waals surface area contributed by atoms with Crippen molar-refractivity contribution in [2.24, 2.45) is 0 Å². The van der Waals surface area contributed by atoms with E-state index in [1.54, 1.807) is 30.3 Å². The van der Waals surface area contributed by atoms with E-state index in [0.717, 1.165) is 4.47 Å². The van der Waals surface area contributed by atoms with Crippen molar-refractivity contribution in [2.45, 2.75) is 0 Å². The van der Waals surface area contributed by atoms with Crippen LogP contribution in [0.2, 0.25) is 10.0 Å². The van der Waals surface area contributed by atoms with Gasteiger partial charge in [0.2, 0.25) is 0 Å². The van der Waals surface area contributed by atoms with Gasteiger partial charge in [-0.2, -0.15) is 0 Å². The molecule has 0 aromatic heterocycles. The second kappa shape index (κ2) is 6.93. The zero-order valence-corrected chi connectivity index (χ0v) is 13.6. The van der Waals surface area contributed by atoms with Crippen molar-refractivity contribution in [1.29, 1.82) is 0 Å². The highest BCUT2D eigenvalue weighted by Gasteiger charge is 2.12. The molecule has 0 spiro atoms. The Labute approximate surface area is 139 Å². The smallest absolute Gasteiger partial charge is 0.267 e. The van der Waals surface area contributed by atoms with E-state index in [4.69, 9.17) is 23.2 Å². The van der Waals surface area contributed by atoms with Gasteiger partial charge in [-0.1, -0.05) is 39.1 Å². The van der Waals surface area contributed by atoms with Gasteiger partial charge in [0.1, 0.15) is 0 Å². The van der Waals surface area contributed by atoms with E-state index in [2.05, 4.69) is 26.8 Å². The number of amides is 2. The number of hydrazine groups is 1. The Bertz CT molecular complexity index is 690. The minimum absolute atomic E-state index is 0.181. The lowest BCUT2D eigenvalue weighted by Gasteiger charge is -2.09. The van der Waals surface area contributed by atoms with Crippen LogP contribution in [0.3, 0.4) is 0 Å². The Hall–Kier alpha value is -1.56. The first-order valence-electron chi connectivity index (χ1n) is 5.78. The molecule has 0 aliphatic heterocycles. The van der Waals surface area contributed by atoms with E-state index in [-0.39, 0.29) is 10.6 Å². The summed E-state index contributed by atoms with van der Waals surface area (Å²) in [6.45, 7) is 0. The van der Waals surface area contributed by atoms with Crippen molar-refractivity contribution >= 4 is 50.9 Å². The first-order valence-corrected chi connectivity index (χ1v) is 7.33. The summed E-state index contributed by atoms with van der Waals surface area (Å²) in [6, 6.07) is 11.2. The summed E-state index contributed by atoms with van der Waals surface area (Å²) in [4.78, 5) is 23.8.